The molecule has 21 nitrogen and oxygen atoms in total. The standard InChI is InChI=1S/C35H53BrO11.C30H44O9.C6H12O/c1-16(2)34(41,17(3)4)13-23(38)45-26-25-19(6)27(39)35(42)30-32(10)20(12-22(44-29(26)40)33(25,30)15-43-35)18(5)11-21(37)28(32)46-24(14-36)47-31(7,8)9;1-13(2)29(36,14(3)4)11-17(31)9-18-22-16(6)23(33)30(37)26-27(7)19(15(5)8-20(32)24(27)34)10-21(39-25(18)35)28(22,26)12-38-30;1-5-7-6(2,3)4/h11,16-17,19-20,22,24-28,30,39,41-42H,12-15H2,1-10H3;8,13-14,16,18-19,21-24,26,33-34,36-37H,9-12H2,1-7H3;5H,1H2,2-4H3/t19-,20+,22-,24?,25?,26?,27-,28-,30?,32-,33+,35-;16-,18?,19+,21-,22?,23-,24-,26?,27-,28+,30-;/m11./s1. The lowest BCUT2D eigenvalue weighted by Crippen LogP contribution is -2.78. The third-order valence-electron chi connectivity index (χ3n) is 24.4. The number of aliphatic hydroxyl groups excluding tert-OH is 3. The lowest BCUT2D eigenvalue weighted by molar-refractivity contribution is -0.347. The molecule has 0 amide bonds. The molecule has 10 aliphatic rings. The molecule has 0 radical (unpaired) electrons. The van der Waals surface area contributed by atoms with Gasteiger partial charge in [0.1, 0.15) is 42.4 Å². The van der Waals surface area contributed by atoms with Gasteiger partial charge in [0, 0.05) is 52.3 Å². The van der Waals surface area contributed by atoms with Crippen molar-refractivity contribution in [3.8, 4) is 0 Å². The van der Waals surface area contributed by atoms with Gasteiger partial charge in [-0.25, -0.2) is 4.79 Å². The number of allylic oxidation sites excluding steroid dienone is 2. The van der Waals surface area contributed by atoms with Crippen molar-refractivity contribution in [1.82, 2.24) is 0 Å². The summed E-state index contributed by atoms with van der Waals surface area (Å²) in [6.07, 6.45) is -4.73. The molecule has 4 heterocycles. The zero-order valence-electron chi connectivity index (χ0n) is 58.4. The number of carbonyl (C=O) groups is 6. The number of carbonyl (C=O) groups excluding carboxylic acids is 6. The van der Waals surface area contributed by atoms with Crippen LogP contribution in [0.2, 0.25) is 0 Å². The first-order valence-corrected chi connectivity index (χ1v) is 34.7. The van der Waals surface area contributed by atoms with Crippen LogP contribution in [-0.4, -0.2) is 173 Å². The van der Waals surface area contributed by atoms with Crippen molar-refractivity contribution in [3.63, 3.8) is 0 Å². The number of alkyl halides is 1. The van der Waals surface area contributed by atoms with E-state index in [0.717, 1.165) is 11.1 Å². The molecule has 2 spiro atoms. The summed E-state index contributed by atoms with van der Waals surface area (Å²) >= 11 is 3.46. The molecule has 93 heavy (non-hydrogen) atoms. The van der Waals surface area contributed by atoms with Crippen molar-refractivity contribution in [3.05, 3.63) is 36.1 Å². The highest BCUT2D eigenvalue weighted by Gasteiger charge is 2.85. The molecule has 23 atom stereocenters. The largest absolute Gasteiger partial charge is 0.496 e. The molecule has 7 unspecified atom stereocenters. The summed E-state index contributed by atoms with van der Waals surface area (Å²) in [5.41, 5.74) is -6.30. The quantitative estimate of drug-likeness (QED) is 0.0260. The Balaban J connectivity index is 0.000000219. The van der Waals surface area contributed by atoms with Crippen LogP contribution in [0.3, 0.4) is 0 Å². The molecule has 4 bridgehead atoms. The zero-order chi connectivity index (χ0) is 70.2. The molecule has 10 rings (SSSR count). The molecule has 0 aromatic rings. The van der Waals surface area contributed by atoms with Crippen LogP contribution in [0.25, 0.3) is 0 Å². The topological polar surface area (TPSA) is 318 Å². The Hall–Kier alpha value is -3.52. The summed E-state index contributed by atoms with van der Waals surface area (Å²) < 4.78 is 48.1. The average molecular weight is 1380 g/mol. The van der Waals surface area contributed by atoms with Gasteiger partial charge in [0.05, 0.1) is 59.5 Å². The first kappa shape index (κ1) is 75.3. The van der Waals surface area contributed by atoms with Gasteiger partial charge in [-0.05, 0) is 134 Å². The van der Waals surface area contributed by atoms with E-state index in [4.69, 9.17) is 37.9 Å². The van der Waals surface area contributed by atoms with E-state index in [1.54, 1.807) is 33.8 Å². The van der Waals surface area contributed by atoms with Gasteiger partial charge in [0.2, 0.25) is 6.10 Å². The predicted octanol–water partition coefficient (Wildman–Crippen LogP) is 7.41. The Kier molecular flexibility index (Phi) is 20.8. The first-order valence-electron chi connectivity index (χ1n) is 33.6. The van der Waals surface area contributed by atoms with Gasteiger partial charge >= 0.3 is 17.9 Å². The summed E-state index contributed by atoms with van der Waals surface area (Å²) in [5, 5.41) is 82.0. The van der Waals surface area contributed by atoms with Crippen molar-refractivity contribution >= 4 is 51.2 Å². The second kappa shape index (κ2) is 25.6. The summed E-state index contributed by atoms with van der Waals surface area (Å²) in [5.74, 6) is -14.6. The minimum Gasteiger partial charge on any atom is -0.496 e. The SMILES string of the molecule is C=COC(C)(C)C.CC1=CC(=O)[C@@H](O)[C@]2(C)C3[C@]45CO[C@]3(O)[C@H](O)[C@H](C)C4C(CC(=O)CC(O)(C(C)C)C(C)C)C(=O)O[C@@H]5C[C@@H]12.CC1=CC(=O)[C@@H](OC(CBr)OC(C)(C)C)[C@]2(C)C3[C@]45CO[C@]3(O)[C@H](O)[C@H](C)C4C(OC(=O)CC(O)(C(C)C)C(C)C)C(=O)O[C@@H]5C[C@@H]12. The van der Waals surface area contributed by atoms with E-state index in [-0.39, 0.29) is 84.6 Å². The van der Waals surface area contributed by atoms with E-state index in [2.05, 4.69) is 22.5 Å². The molecule has 4 saturated heterocycles. The Morgan fingerprint density at radius 3 is 1.58 bits per heavy atom. The van der Waals surface area contributed by atoms with Crippen molar-refractivity contribution in [1.29, 1.82) is 0 Å². The number of rotatable bonds is 16. The number of esters is 3. The van der Waals surface area contributed by atoms with Crippen molar-refractivity contribution in [2.45, 2.75) is 254 Å². The number of aliphatic hydroxyl groups is 7. The lowest BCUT2D eigenvalue weighted by atomic mass is 9.37. The highest BCUT2D eigenvalue weighted by atomic mass is 79.9. The van der Waals surface area contributed by atoms with Gasteiger partial charge < -0.3 is 73.6 Å². The molecule has 0 aromatic carbocycles. The van der Waals surface area contributed by atoms with Crippen LogP contribution >= 0.6 is 15.9 Å². The van der Waals surface area contributed by atoms with Gasteiger partial charge in [-0.15, -0.1) is 0 Å². The third kappa shape index (κ3) is 11.9. The molecule has 0 aromatic heterocycles. The van der Waals surface area contributed by atoms with E-state index in [1.165, 1.54) is 12.3 Å². The van der Waals surface area contributed by atoms with E-state index in [1.807, 2.05) is 111 Å². The maximum Gasteiger partial charge on any atom is 0.348 e. The molecule has 4 aliphatic heterocycles. The third-order valence-corrected chi connectivity index (χ3v) is 24.9. The Morgan fingerprint density at radius 1 is 0.688 bits per heavy atom. The molecule has 526 valence electrons. The predicted molar refractivity (Wildman–Crippen MR) is 343 cm³/mol. The Labute approximate surface area is 557 Å². The number of ether oxygens (including phenoxy) is 8. The number of halogens is 1. The van der Waals surface area contributed by atoms with E-state index < -0.39 is 170 Å². The number of Topliss-reactive ketones (excluding diaryl/α,β-unsaturated/α-hetero) is 1. The Bertz CT molecular complexity index is 2940. The van der Waals surface area contributed by atoms with Crippen molar-refractivity contribution < 1.29 is 102 Å². The fraction of sp³-hybridized carbons (Fsp3) is 0.831. The summed E-state index contributed by atoms with van der Waals surface area (Å²) in [4.78, 5) is 81.3. The summed E-state index contributed by atoms with van der Waals surface area (Å²) in [6, 6.07) is 0. The van der Waals surface area contributed by atoms with Gasteiger partial charge in [-0.1, -0.05) is 117 Å². The van der Waals surface area contributed by atoms with Gasteiger partial charge in [0.25, 0.3) is 0 Å². The highest BCUT2D eigenvalue weighted by Crippen LogP contribution is 2.76. The second-order valence-corrected chi connectivity index (χ2v) is 33.6. The summed E-state index contributed by atoms with van der Waals surface area (Å²) in [6.45, 7) is 40.3. The maximum atomic E-state index is 14.0. The molecule has 22 heteroatoms. The lowest BCUT2D eigenvalue weighted by Gasteiger charge is -2.68. The fourth-order valence-electron chi connectivity index (χ4n) is 20.0. The van der Waals surface area contributed by atoms with Crippen molar-refractivity contribution in [2.75, 3.05) is 18.5 Å². The molecule has 8 fully saturated rings. The highest BCUT2D eigenvalue weighted by molar-refractivity contribution is 9.09. The molecule has 4 saturated carbocycles. The average Bonchev–Trinajstić information content (AvgIpc) is 1.61. The van der Waals surface area contributed by atoms with E-state index in [0.29, 0.717) is 12.8 Å². The molecular weight excluding hydrogens is 1270 g/mol. The Morgan fingerprint density at radius 2 is 1.13 bits per heavy atom. The number of ketones is 3. The van der Waals surface area contributed by atoms with Crippen LogP contribution in [0.5, 0.6) is 0 Å². The summed E-state index contributed by atoms with van der Waals surface area (Å²) in [7, 11) is 0. The number of fused-ring (bicyclic) bond motifs is 2. The van der Waals surface area contributed by atoms with Crippen LogP contribution in [0.1, 0.15) is 171 Å². The monoisotopic (exact) mass is 1380 g/mol. The zero-order valence-corrected chi connectivity index (χ0v) is 60.0. The van der Waals surface area contributed by atoms with Crippen LogP contribution in [-0.2, 0) is 66.7 Å². The van der Waals surface area contributed by atoms with Crippen LogP contribution in [0.4, 0.5) is 0 Å². The van der Waals surface area contributed by atoms with Crippen molar-refractivity contribution in [2.24, 2.45) is 98.6 Å². The minimum atomic E-state index is -2.12. The normalized spacial score (nSPS) is 41.8. The molecule has 7 N–H and O–H groups in total. The van der Waals surface area contributed by atoms with Crippen LogP contribution < -0.4 is 0 Å². The van der Waals surface area contributed by atoms with Crippen LogP contribution in [0.15, 0.2) is 36.1 Å². The van der Waals surface area contributed by atoms with Gasteiger partial charge in [-0.2, -0.15) is 0 Å². The minimum absolute atomic E-state index is 0.0310. The van der Waals surface area contributed by atoms with E-state index in [9.17, 15) is 64.5 Å². The first-order chi connectivity index (χ1) is 42.6. The van der Waals surface area contributed by atoms with Gasteiger partial charge in [-0.3, -0.25) is 24.0 Å². The maximum absolute atomic E-state index is 14.0. The molecule has 6 aliphatic carbocycles. The second-order valence-electron chi connectivity index (χ2n) is 32.9. The molecular formula is C71H109BrO21. The fourth-order valence-corrected chi connectivity index (χ4v) is 20.3. The smallest absolute Gasteiger partial charge is 0.348 e. The number of hydrogen-bond acceptors (Lipinski definition) is 21. The van der Waals surface area contributed by atoms with Gasteiger partial charge in [0.15, 0.2) is 29.4 Å². The van der Waals surface area contributed by atoms with Crippen LogP contribution in [0, 0.1) is 98.6 Å². The van der Waals surface area contributed by atoms with E-state index >= 15 is 0 Å². The number of hydrogen-bond donors (Lipinski definition) is 7.